The van der Waals surface area contributed by atoms with Gasteiger partial charge in [-0.25, -0.2) is 8.78 Å². The van der Waals surface area contributed by atoms with E-state index in [1.54, 1.807) is 0 Å². The highest BCUT2D eigenvalue weighted by atomic mass is 35.5. The zero-order valence-corrected chi connectivity index (χ0v) is 12.0. The Morgan fingerprint density at radius 1 is 1.37 bits per heavy atom. The maximum absolute atomic E-state index is 13.5. The van der Waals surface area contributed by atoms with Crippen LogP contribution in [0, 0.1) is 17.6 Å². The highest BCUT2D eigenvalue weighted by Gasteiger charge is 2.15. The zero-order valence-electron chi connectivity index (χ0n) is 11.2. The van der Waals surface area contributed by atoms with Gasteiger partial charge in [-0.05, 0) is 45.0 Å². The minimum atomic E-state index is -0.518. The Kier molecular flexibility index (Phi) is 6.69. The van der Waals surface area contributed by atoms with E-state index in [1.807, 2.05) is 7.05 Å². The number of hydrogen-bond donors (Lipinski definition) is 1. The molecule has 1 heterocycles. The van der Waals surface area contributed by atoms with Gasteiger partial charge < -0.3 is 10.2 Å². The lowest BCUT2D eigenvalue weighted by Crippen LogP contribution is -2.36. The normalized spacial score (nSPS) is 19.3. The second kappa shape index (κ2) is 7.78. The Labute approximate surface area is 119 Å². The molecule has 108 valence electrons. The van der Waals surface area contributed by atoms with E-state index in [9.17, 15) is 8.78 Å². The van der Waals surface area contributed by atoms with Gasteiger partial charge in [-0.2, -0.15) is 0 Å². The van der Waals surface area contributed by atoms with Gasteiger partial charge in [0.1, 0.15) is 11.6 Å². The summed E-state index contributed by atoms with van der Waals surface area (Å²) >= 11 is 0. The van der Waals surface area contributed by atoms with E-state index >= 15 is 0 Å². The third kappa shape index (κ3) is 5.05. The van der Waals surface area contributed by atoms with Gasteiger partial charge in [0.25, 0.3) is 0 Å². The van der Waals surface area contributed by atoms with Crippen LogP contribution >= 0.6 is 12.4 Å². The first-order chi connectivity index (χ1) is 8.65. The quantitative estimate of drug-likeness (QED) is 0.917. The van der Waals surface area contributed by atoms with E-state index < -0.39 is 11.6 Å². The highest BCUT2D eigenvalue weighted by molar-refractivity contribution is 5.85. The van der Waals surface area contributed by atoms with Crippen molar-refractivity contribution >= 4 is 12.4 Å². The average Bonchev–Trinajstić information content (AvgIpc) is 2.34. The van der Waals surface area contributed by atoms with Gasteiger partial charge in [-0.1, -0.05) is 6.07 Å². The average molecular weight is 291 g/mol. The summed E-state index contributed by atoms with van der Waals surface area (Å²) in [5.41, 5.74) is 0.558. The Morgan fingerprint density at radius 2 is 2.16 bits per heavy atom. The van der Waals surface area contributed by atoms with Crippen LogP contribution in [0.4, 0.5) is 8.78 Å². The van der Waals surface area contributed by atoms with Crippen molar-refractivity contribution in [2.45, 2.75) is 19.4 Å². The molecular formula is C14H21ClF2N2. The van der Waals surface area contributed by atoms with Gasteiger partial charge >= 0.3 is 0 Å². The van der Waals surface area contributed by atoms with Gasteiger partial charge in [-0.3, -0.25) is 0 Å². The molecule has 1 aromatic rings. The summed E-state index contributed by atoms with van der Waals surface area (Å²) in [5, 5.41) is 3.37. The fourth-order valence-electron chi connectivity index (χ4n) is 2.53. The van der Waals surface area contributed by atoms with Crippen molar-refractivity contribution in [3.05, 3.63) is 35.4 Å². The van der Waals surface area contributed by atoms with Crippen LogP contribution in [0.25, 0.3) is 0 Å². The van der Waals surface area contributed by atoms with Crippen molar-refractivity contribution in [3.63, 3.8) is 0 Å². The third-order valence-electron chi connectivity index (χ3n) is 3.42. The van der Waals surface area contributed by atoms with Crippen molar-refractivity contribution in [1.29, 1.82) is 0 Å². The number of hydrogen-bond acceptors (Lipinski definition) is 2. The number of rotatable bonds is 4. The molecule has 0 aliphatic carbocycles. The van der Waals surface area contributed by atoms with Crippen molar-refractivity contribution in [1.82, 2.24) is 10.2 Å². The molecule has 0 aromatic heterocycles. The molecule has 5 heteroatoms. The SMILES string of the molecule is CN(Cc1ccc(F)cc1F)CC1CCCNC1.Cl. The summed E-state index contributed by atoms with van der Waals surface area (Å²) in [6, 6.07) is 3.79. The van der Waals surface area contributed by atoms with E-state index in [0.717, 1.165) is 25.7 Å². The molecule has 0 amide bonds. The maximum Gasteiger partial charge on any atom is 0.130 e. The van der Waals surface area contributed by atoms with E-state index in [4.69, 9.17) is 0 Å². The van der Waals surface area contributed by atoms with Gasteiger partial charge in [0.05, 0.1) is 0 Å². The van der Waals surface area contributed by atoms with Gasteiger partial charge in [-0.15, -0.1) is 12.4 Å². The second-order valence-corrected chi connectivity index (χ2v) is 5.14. The van der Waals surface area contributed by atoms with Crippen molar-refractivity contribution in [2.75, 3.05) is 26.7 Å². The summed E-state index contributed by atoms with van der Waals surface area (Å²) in [6.45, 7) is 3.62. The van der Waals surface area contributed by atoms with Crippen molar-refractivity contribution in [2.24, 2.45) is 5.92 Å². The number of nitrogens with zero attached hydrogens (tertiary/aromatic N) is 1. The Balaban J connectivity index is 0.00000180. The minimum Gasteiger partial charge on any atom is -0.316 e. The molecule has 1 aromatic carbocycles. The van der Waals surface area contributed by atoms with E-state index in [-0.39, 0.29) is 12.4 Å². The number of piperidine rings is 1. The Hall–Kier alpha value is -0.710. The molecule has 0 bridgehead atoms. The first kappa shape index (κ1) is 16.3. The van der Waals surface area contributed by atoms with Crippen LogP contribution in [-0.4, -0.2) is 31.6 Å². The molecule has 1 aliphatic rings. The Bertz CT molecular complexity index is 395. The van der Waals surface area contributed by atoms with Crippen molar-refractivity contribution in [3.8, 4) is 0 Å². The van der Waals surface area contributed by atoms with Crippen LogP contribution in [0.2, 0.25) is 0 Å². The number of halogens is 3. The highest BCUT2D eigenvalue weighted by Crippen LogP contribution is 2.15. The molecular weight excluding hydrogens is 270 g/mol. The molecule has 0 saturated carbocycles. The summed E-state index contributed by atoms with van der Waals surface area (Å²) in [7, 11) is 1.98. The fraction of sp³-hybridized carbons (Fsp3) is 0.571. The number of benzene rings is 1. The van der Waals surface area contributed by atoms with E-state index in [0.29, 0.717) is 18.0 Å². The van der Waals surface area contributed by atoms with Crippen LogP contribution in [0.15, 0.2) is 18.2 Å². The monoisotopic (exact) mass is 290 g/mol. The van der Waals surface area contributed by atoms with E-state index in [1.165, 1.54) is 25.0 Å². The zero-order chi connectivity index (χ0) is 13.0. The van der Waals surface area contributed by atoms with Gasteiger partial charge in [0.15, 0.2) is 0 Å². The molecule has 2 nitrogen and oxygen atoms in total. The topological polar surface area (TPSA) is 15.3 Å². The first-order valence-corrected chi connectivity index (χ1v) is 6.48. The summed E-state index contributed by atoms with van der Waals surface area (Å²) in [5.74, 6) is -0.341. The number of nitrogens with one attached hydrogen (secondary N) is 1. The van der Waals surface area contributed by atoms with Crippen LogP contribution < -0.4 is 5.32 Å². The second-order valence-electron chi connectivity index (χ2n) is 5.14. The molecule has 19 heavy (non-hydrogen) atoms. The summed E-state index contributed by atoms with van der Waals surface area (Å²) < 4.78 is 26.3. The molecule has 1 unspecified atom stereocenters. The molecule has 1 atom stereocenters. The van der Waals surface area contributed by atoms with Crippen molar-refractivity contribution < 1.29 is 8.78 Å². The van der Waals surface area contributed by atoms with E-state index in [2.05, 4.69) is 10.2 Å². The third-order valence-corrected chi connectivity index (χ3v) is 3.42. The first-order valence-electron chi connectivity index (χ1n) is 6.48. The van der Waals surface area contributed by atoms with Crippen LogP contribution in [0.1, 0.15) is 18.4 Å². The summed E-state index contributed by atoms with van der Waals surface area (Å²) in [4.78, 5) is 2.11. The van der Waals surface area contributed by atoms with Crippen LogP contribution in [-0.2, 0) is 6.54 Å². The lowest BCUT2D eigenvalue weighted by atomic mass is 9.99. The summed E-state index contributed by atoms with van der Waals surface area (Å²) in [6.07, 6.45) is 2.44. The minimum absolute atomic E-state index is 0. The molecule has 1 N–H and O–H groups in total. The predicted octanol–water partition coefficient (Wildman–Crippen LogP) is 2.82. The standard InChI is InChI=1S/C14H20F2N2.ClH/c1-18(9-11-3-2-6-17-8-11)10-12-4-5-13(15)7-14(12)16;/h4-5,7,11,17H,2-3,6,8-10H2,1H3;1H. The maximum atomic E-state index is 13.5. The lowest BCUT2D eigenvalue weighted by Gasteiger charge is -2.27. The molecule has 0 spiro atoms. The Morgan fingerprint density at radius 3 is 2.79 bits per heavy atom. The van der Waals surface area contributed by atoms with Crippen LogP contribution in [0.3, 0.4) is 0 Å². The molecule has 1 aliphatic heterocycles. The van der Waals surface area contributed by atoms with Gasteiger partial charge in [0.2, 0.25) is 0 Å². The predicted molar refractivity (Wildman–Crippen MR) is 75.5 cm³/mol. The molecule has 0 radical (unpaired) electrons. The smallest absolute Gasteiger partial charge is 0.130 e. The van der Waals surface area contributed by atoms with Crippen LogP contribution in [0.5, 0.6) is 0 Å². The fourth-order valence-corrected chi connectivity index (χ4v) is 2.53. The molecule has 1 saturated heterocycles. The van der Waals surface area contributed by atoms with Gasteiger partial charge in [0, 0.05) is 24.7 Å². The largest absolute Gasteiger partial charge is 0.316 e. The molecule has 1 fully saturated rings. The molecule has 2 rings (SSSR count). The lowest BCUT2D eigenvalue weighted by molar-refractivity contribution is 0.235.